The number of H-pyrrole nitrogens is 1. The Morgan fingerprint density at radius 3 is 2.83 bits per heavy atom. The molecule has 2 heterocycles. The Hall–Kier alpha value is -1.44. The van der Waals surface area contributed by atoms with E-state index in [1.165, 1.54) is 23.9 Å². The fourth-order valence-electron chi connectivity index (χ4n) is 2.24. The molecule has 100 valence electrons. The highest BCUT2D eigenvalue weighted by molar-refractivity contribution is 4.95. The Morgan fingerprint density at radius 2 is 2.28 bits per heavy atom. The summed E-state index contributed by atoms with van der Waals surface area (Å²) in [7, 11) is 1.52. The van der Waals surface area contributed by atoms with Crippen LogP contribution in [0.2, 0.25) is 0 Å². The Labute approximate surface area is 104 Å². The van der Waals surface area contributed by atoms with Crippen LogP contribution in [0.15, 0.2) is 21.9 Å². The summed E-state index contributed by atoms with van der Waals surface area (Å²) in [5, 5.41) is 0. The molecule has 2 rings (SSSR count). The maximum absolute atomic E-state index is 11.7. The topological polar surface area (TPSA) is 99.3 Å². The highest BCUT2D eigenvalue weighted by Gasteiger charge is 2.43. The van der Waals surface area contributed by atoms with Gasteiger partial charge in [-0.2, -0.15) is 0 Å². The van der Waals surface area contributed by atoms with Crippen molar-refractivity contribution in [3.63, 3.8) is 0 Å². The molecule has 0 saturated carbocycles. The second kappa shape index (κ2) is 5.05. The number of ether oxygens (including phenoxy) is 2. The van der Waals surface area contributed by atoms with E-state index in [1.807, 2.05) is 6.92 Å². The molecule has 4 atom stereocenters. The fraction of sp³-hybridized carbons (Fsp3) is 0.636. The molecule has 1 aliphatic rings. The lowest BCUT2D eigenvalue weighted by Gasteiger charge is -2.20. The largest absolute Gasteiger partial charge is 0.375 e. The van der Waals surface area contributed by atoms with E-state index in [9.17, 15) is 9.59 Å². The zero-order valence-corrected chi connectivity index (χ0v) is 10.3. The third-order valence-corrected chi connectivity index (χ3v) is 3.20. The van der Waals surface area contributed by atoms with Crippen molar-refractivity contribution < 1.29 is 9.47 Å². The lowest BCUT2D eigenvalue weighted by molar-refractivity contribution is -0.0528. The first-order valence-corrected chi connectivity index (χ1v) is 5.83. The minimum atomic E-state index is -0.612. The Balaban J connectivity index is 2.38. The van der Waals surface area contributed by atoms with Gasteiger partial charge in [0.1, 0.15) is 6.10 Å². The zero-order valence-electron chi connectivity index (χ0n) is 10.3. The number of methoxy groups -OCH3 is 1. The van der Waals surface area contributed by atoms with Gasteiger partial charge in [0.2, 0.25) is 0 Å². The van der Waals surface area contributed by atoms with Crippen LogP contribution in [-0.2, 0) is 9.47 Å². The Morgan fingerprint density at radius 1 is 1.56 bits per heavy atom. The molecule has 1 aromatic heterocycles. The highest BCUT2D eigenvalue weighted by Crippen LogP contribution is 2.30. The van der Waals surface area contributed by atoms with Crippen molar-refractivity contribution in [2.75, 3.05) is 7.11 Å². The number of hydrogen-bond acceptors (Lipinski definition) is 5. The van der Waals surface area contributed by atoms with Crippen LogP contribution < -0.4 is 17.0 Å². The standard InChI is InChI=1S/C11H17N3O4/c1-3-6-8(12)9(17-2)10(18-6)14-5-4-7(15)13-11(14)16/h4-6,8-10H,3,12H2,1-2H3,(H,13,15,16)/t6-,8+,9?,10-/m1/s1. The molecule has 7 heteroatoms. The normalized spacial score (nSPS) is 31.7. The van der Waals surface area contributed by atoms with Crippen molar-refractivity contribution in [3.8, 4) is 0 Å². The van der Waals surface area contributed by atoms with Gasteiger partial charge in [-0.3, -0.25) is 14.3 Å². The van der Waals surface area contributed by atoms with Crippen LogP contribution in [0.5, 0.6) is 0 Å². The van der Waals surface area contributed by atoms with Gasteiger partial charge in [0.25, 0.3) is 5.56 Å². The molecule has 0 radical (unpaired) electrons. The molecule has 0 bridgehead atoms. The molecule has 7 nitrogen and oxygen atoms in total. The van der Waals surface area contributed by atoms with Gasteiger partial charge in [-0.1, -0.05) is 6.92 Å². The van der Waals surface area contributed by atoms with E-state index >= 15 is 0 Å². The number of rotatable bonds is 3. The maximum atomic E-state index is 11.7. The minimum Gasteiger partial charge on any atom is -0.375 e. The molecule has 1 unspecified atom stereocenters. The first kappa shape index (κ1) is 13.0. The third kappa shape index (κ3) is 2.12. The summed E-state index contributed by atoms with van der Waals surface area (Å²) in [6.45, 7) is 1.95. The van der Waals surface area contributed by atoms with Gasteiger partial charge in [-0.05, 0) is 6.42 Å². The molecule has 1 fully saturated rings. The average Bonchev–Trinajstić information content (AvgIpc) is 2.65. The van der Waals surface area contributed by atoms with Gasteiger partial charge >= 0.3 is 5.69 Å². The Kier molecular flexibility index (Phi) is 3.65. The van der Waals surface area contributed by atoms with E-state index < -0.39 is 23.6 Å². The van der Waals surface area contributed by atoms with Gasteiger partial charge in [-0.15, -0.1) is 0 Å². The number of nitrogens with zero attached hydrogens (tertiary/aromatic N) is 1. The van der Waals surface area contributed by atoms with Gasteiger partial charge in [0.15, 0.2) is 6.23 Å². The van der Waals surface area contributed by atoms with Crippen molar-refractivity contribution in [3.05, 3.63) is 33.1 Å². The molecule has 0 aromatic carbocycles. The monoisotopic (exact) mass is 255 g/mol. The molecule has 1 aromatic rings. The van der Waals surface area contributed by atoms with Crippen molar-refractivity contribution in [1.82, 2.24) is 9.55 Å². The summed E-state index contributed by atoms with van der Waals surface area (Å²) < 4.78 is 12.3. The summed E-state index contributed by atoms with van der Waals surface area (Å²) in [6, 6.07) is 0.964. The van der Waals surface area contributed by atoms with Crippen molar-refractivity contribution >= 4 is 0 Å². The van der Waals surface area contributed by atoms with Crippen LogP contribution in [0.4, 0.5) is 0 Å². The molecule has 18 heavy (non-hydrogen) atoms. The van der Waals surface area contributed by atoms with Crippen LogP contribution in [0.25, 0.3) is 0 Å². The number of nitrogens with two attached hydrogens (primary N) is 1. The van der Waals surface area contributed by atoms with E-state index in [0.29, 0.717) is 0 Å². The molecule has 1 aliphatic heterocycles. The molecule has 1 saturated heterocycles. The predicted octanol–water partition coefficient (Wildman–Crippen LogP) is -0.814. The van der Waals surface area contributed by atoms with Crippen molar-refractivity contribution in [2.24, 2.45) is 5.73 Å². The summed E-state index contributed by atoms with van der Waals surface area (Å²) in [5.74, 6) is 0. The molecule has 0 amide bonds. The van der Waals surface area contributed by atoms with Gasteiger partial charge in [0.05, 0.1) is 12.1 Å². The summed E-state index contributed by atoms with van der Waals surface area (Å²) >= 11 is 0. The lowest BCUT2D eigenvalue weighted by atomic mass is 10.1. The zero-order chi connectivity index (χ0) is 13.3. The highest BCUT2D eigenvalue weighted by atomic mass is 16.6. The first-order valence-electron chi connectivity index (χ1n) is 5.83. The molecule has 3 N–H and O–H groups in total. The van der Waals surface area contributed by atoms with Gasteiger partial charge in [0, 0.05) is 19.4 Å². The van der Waals surface area contributed by atoms with Crippen LogP contribution in [0.3, 0.4) is 0 Å². The van der Waals surface area contributed by atoms with E-state index in [4.69, 9.17) is 15.2 Å². The summed E-state index contributed by atoms with van der Waals surface area (Å²) in [5.41, 5.74) is 5.04. The quantitative estimate of drug-likeness (QED) is 0.735. The van der Waals surface area contributed by atoms with Crippen LogP contribution in [0, 0.1) is 0 Å². The van der Waals surface area contributed by atoms with Crippen LogP contribution in [-0.4, -0.2) is 34.9 Å². The minimum absolute atomic E-state index is 0.168. The van der Waals surface area contributed by atoms with Crippen LogP contribution >= 0.6 is 0 Å². The summed E-state index contributed by atoms with van der Waals surface area (Å²) in [6.07, 6.45) is 0.926. The van der Waals surface area contributed by atoms with Crippen LogP contribution in [0.1, 0.15) is 19.6 Å². The molecule has 0 aliphatic carbocycles. The second-order valence-corrected chi connectivity index (χ2v) is 4.27. The third-order valence-electron chi connectivity index (χ3n) is 3.20. The maximum Gasteiger partial charge on any atom is 0.330 e. The molecule has 0 spiro atoms. The molecular weight excluding hydrogens is 238 g/mol. The number of hydrogen-bond donors (Lipinski definition) is 2. The number of aromatic nitrogens is 2. The van der Waals surface area contributed by atoms with Crippen molar-refractivity contribution in [1.29, 1.82) is 0 Å². The lowest BCUT2D eigenvalue weighted by Crippen LogP contribution is -2.42. The predicted molar refractivity (Wildman–Crippen MR) is 64.3 cm³/mol. The smallest absolute Gasteiger partial charge is 0.330 e. The molecular formula is C11H17N3O4. The summed E-state index contributed by atoms with van der Waals surface area (Å²) in [4.78, 5) is 24.9. The first-order chi connectivity index (χ1) is 8.58. The van der Waals surface area contributed by atoms with E-state index in [2.05, 4.69) is 4.98 Å². The number of nitrogens with one attached hydrogen (secondary N) is 1. The number of aromatic amines is 1. The van der Waals surface area contributed by atoms with E-state index in [0.717, 1.165) is 6.42 Å². The van der Waals surface area contributed by atoms with Gasteiger partial charge < -0.3 is 15.2 Å². The van der Waals surface area contributed by atoms with Crippen molar-refractivity contribution in [2.45, 2.75) is 37.8 Å². The Bertz CT molecular complexity index is 524. The SMILES string of the molecule is CC[C@H]1O[C@@H](n2ccc(=O)[nH]c2=O)C(OC)[C@H]1N. The van der Waals surface area contributed by atoms with Gasteiger partial charge in [-0.25, -0.2) is 4.79 Å². The second-order valence-electron chi connectivity index (χ2n) is 4.27. The van der Waals surface area contributed by atoms with E-state index in [-0.39, 0.29) is 12.1 Å². The average molecular weight is 255 g/mol. The van der Waals surface area contributed by atoms with E-state index in [1.54, 1.807) is 0 Å². The fourth-order valence-corrected chi connectivity index (χ4v) is 2.24.